The summed E-state index contributed by atoms with van der Waals surface area (Å²) in [5, 5.41) is 12.4. The Kier molecular flexibility index (Phi) is 3.21. The Morgan fingerprint density at radius 3 is 2.57 bits per heavy atom. The van der Waals surface area contributed by atoms with E-state index in [1.165, 1.54) is 5.56 Å². The lowest BCUT2D eigenvalue weighted by Gasteiger charge is -2.19. The molecule has 1 fully saturated rings. The minimum Gasteiger partial charge on any atom is -0.424 e. The summed E-state index contributed by atoms with van der Waals surface area (Å²) in [6.45, 7) is 6.08. The van der Waals surface area contributed by atoms with Gasteiger partial charge in [0.2, 0.25) is 17.5 Å². The van der Waals surface area contributed by atoms with Crippen LogP contribution in [0.15, 0.2) is 34.7 Å². The molecule has 0 radical (unpaired) electrons. The quantitative estimate of drug-likeness (QED) is 0.922. The second-order valence-electron chi connectivity index (χ2n) is 6.58. The van der Waals surface area contributed by atoms with Crippen LogP contribution in [0.25, 0.3) is 0 Å². The summed E-state index contributed by atoms with van der Waals surface area (Å²) in [7, 11) is 0. The lowest BCUT2D eigenvalue weighted by atomic mass is 10.1. The van der Waals surface area contributed by atoms with Gasteiger partial charge in [0, 0.05) is 11.5 Å². The van der Waals surface area contributed by atoms with Gasteiger partial charge in [0.25, 0.3) is 0 Å². The van der Waals surface area contributed by atoms with Crippen molar-refractivity contribution in [3.8, 4) is 6.07 Å². The van der Waals surface area contributed by atoms with E-state index in [-0.39, 0.29) is 11.5 Å². The van der Waals surface area contributed by atoms with Crippen LogP contribution < -0.4 is 5.32 Å². The van der Waals surface area contributed by atoms with Crippen molar-refractivity contribution in [3.05, 3.63) is 47.5 Å². The van der Waals surface area contributed by atoms with Crippen LogP contribution in [0.5, 0.6) is 0 Å². The molecule has 4 nitrogen and oxygen atoms in total. The first-order chi connectivity index (χ1) is 9.98. The van der Waals surface area contributed by atoms with Crippen molar-refractivity contribution >= 4 is 5.88 Å². The maximum Gasteiger partial charge on any atom is 0.232 e. The van der Waals surface area contributed by atoms with Crippen molar-refractivity contribution in [1.29, 1.82) is 5.26 Å². The van der Waals surface area contributed by atoms with Crippen molar-refractivity contribution in [3.63, 3.8) is 0 Å². The Morgan fingerprint density at radius 2 is 1.95 bits per heavy atom. The number of rotatable bonds is 3. The first-order valence-electron chi connectivity index (χ1n) is 7.22. The van der Waals surface area contributed by atoms with Crippen molar-refractivity contribution < 1.29 is 4.42 Å². The minimum absolute atomic E-state index is 0.162. The third-order valence-electron chi connectivity index (χ3n) is 3.57. The van der Waals surface area contributed by atoms with E-state index < -0.39 is 0 Å². The van der Waals surface area contributed by atoms with Gasteiger partial charge < -0.3 is 9.73 Å². The van der Waals surface area contributed by atoms with Gasteiger partial charge in [-0.3, -0.25) is 0 Å². The maximum absolute atomic E-state index is 9.20. The zero-order valence-corrected chi connectivity index (χ0v) is 12.6. The number of nitriles is 1. The molecule has 2 atom stereocenters. The maximum atomic E-state index is 9.20. The minimum atomic E-state index is -0.162. The highest BCUT2D eigenvalue weighted by molar-refractivity contribution is 5.48. The summed E-state index contributed by atoms with van der Waals surface area (Å²) in [4.78, 5) is 4.36. The average molecular weight is 281 g/mol. The molecule has 1 aromatic heterocycles. The van der Waals surface area contributed by atoms with Gasteiger partial charge in [-0.25, -0.2) is 4.98 Å². The van der Waals surface area contributed by atoms with Gasteiger partial charge in [-0.2, -0.15) is 5.26 Å². The summed E-state index contributed by atoms with van der Waals surface area (Å²) >= 11 is 0. The van der Waals surface area contributed by atoms with E-state index in [0.29, 0.717) is 23.4 Å². The Labute approximate surface area is 124 Å². The monoisotopic (exact) mass is 281 g/mol. The number of hydrogen-bond donors (Lipinski definition) is 1. The van der Waals surface area contributed by atoms with Crippen molar-refractivity contribution in [2.45, 2.75) is 44.6 Å². The largest absolute Gasteiger partial charge is 0.424 e. The fourth-order valence-corrected chi connectivity index (χ4v) is 2.53. The molecule has 0 bridgehead atoms. The molecule has 1 heterocycles. The fourth-order valence-electron chi connectivity index (χ4n) is 2.53. The first-order valence-corrected chi connectivity index (χ1v) is 7.22. The Hall–Kier alpha value is -2.28. The number of nitrogens with one attached hydrogen (secondary N) is 1. The standard InChI is InChI=1S/C17H19N3O/c1-17(2,3)20-16-14(10-18)19-15(21-16)13-9-12(13)11-7-5-4-6-8-11/h4-8,12-13,20H,9H2,1-3H3/t12-,13+/m0/s1. The Morgan fingerprint density at radius 1 is 1.24 bits per heavy atom. The lowest BCUT2D eigenvalue weighted by Crippen LogP contribution is -2.26. The average Bonchev–Trinajstić information content (AvgIpc) is 3.14. The molecule has 21 heavy (non-hydrogen) atoms. The highest BCUT2D eigenvalue weighted by Crippen LogP contribution is 2.54. The van der Waals surface area contributed by atoms with Gasteiger partial charge in [0.1, 0.15) is 6.07 Å². The predicted molar refractivity (Wildman–Crippen MR) is 81.1 cm³/mol. The summed E-state index contributed by atoms with van der Waals surface area (Å²) < 4.78 is 5.81. The molecule has 1 saturated carbocycles. The number of aromatic nitrogens is 1. The van der Waals surface area contributed by atoms with Gasteiger partial charge in [-0.15, -0.1) is 0 Å². The summed E-state index contributed by atoms with van der Waals surface area (Å²) in [5.74, 6) is 1.90. The highest BCUT2D eigenvalue weighted by Gasteiger charge is 2.43. The SMILES string of the molecule is CC(C)(C)Nc1oc([C@@H]2C[C@H]2c2ccccc2)nc1C#N. The lowest BCUT2D eigenvalue weighted by molar-refractivity contribution is 0.487. The normalized spacial score (nSPS) is 20.9. The Bertz CT molecular complexity index is 676. The molecule has 1 aromatic carbocycles. The molecule has 108 valence electrons. The van der Waals surface area contributed by atoms with E-state index in [9.17, 15) is 5.26 Å². The fraction of sp³-hybridized carbons (Fsp3) is 0.412. The number of oxazole rings is 1. The number of nitrogens with zero attached hydrogens (tertiary/aromatic N) is 2. The van der Waals surface area contributed by atoms with Gasteiger partial charge in [-0.05, 0) is 38.7 Å². The number of anilines is 1. The van der Waals surface area contributed by atoms with E-state index in [4.69, 9.17) is 4.42 Å². The summed E-state index contributed by atoms with van der Waals surface area (Å²) in [5.41, 5.74) is 1.49. The van der Waals surface area contributed by atoms with Crippen LogP contribution in [-0.4, -0.2) is 10.5 Å². The molecule has 4 heteroatoms. The molecule has 1 aliphatic carbocycles. The van der Waals surface area contributed by atoms with E-state index in [2.05, 4.69) is 28.5 Å². The van der Waals surface area contributed by atoms with Gasteiger partial charge in [0.15, 0.2) is 0 Å². The Balaban J connectivity index is 1.81. The molecule has 2 aromatic rings. The van der Waals surface area contributed by atoms with Crippen LogP contribution in [0.4, 0.5) is 5.88 Å². The molecular formula is C17H19N3O. The van der Waals surface area contributed by atoms with Crippen LogP contribution in [0.1, 0.15) is 56.2 Å². The third-order valence-corrected chi connectivity index (χ3v) is 3.57. The van der Waals surface area contributed by atoms with Crippen molar-refractivity contribution in [2.75, 3.05) is 5.32 Å². The van der Waals surface area contributed by atoms with Crippen LogP contribution in [0, 0.1) is 11.3 Å². The zero-order valence-electron chi connectivity index (χ0n) is 12.6. The van der Waals surface area contributed by atoms with Crippen LogP contribution in [0.2, 0.25) is 0 Å². The molecule has 0 spiro atoms. The first kappa shape index (κ1) is 13.7. The van der Waals surface area contributed by atoms with Crippen LogP contribution in [0.3, 0.4) is 0 Å². The zero-order chi connectivity index (χ0) is 15.0. The van der Waals surface area contributed by atoms with Crippen molar-refractivity contribution in [2.24, 2.45) is 0 Å². The third kappa shape index (κ3) is 2.92. The second-order valence-corrected chi connectivity index (χ2v) is 6.58. The molecule has 1 N–H and O–H groups in total. The molecule has 0 amide bonds. The summed E-state index contributed by atoms with van der Waals surface area (Å²) in [6, 6.07) is 12.5. The van der Waals surface area contributed by atoms with E-state index in [0.717, 1.165) is 6.42 Å². The molecule has 1 aliphatic rings. The second kappa shape index (κ2) is 4.92. The van der Waals surface area contributed by atoms with E-state index in [1.54, 1.807) is 0 Å². The molecule has 0 saturated heterocycles. The predicted octanol–water partition coefficient (Wildman–Crippen LogP) is 4.03. The topological polar surface area (TPSA) is 61.9 Å². The smallest absolute Gasteiger partial charge is 0.232 e. The molecule has 0 aliphatic heterocycles. The van der Waals surface area contributed by atoms with E-state index >= 15 is 0 Å². The van der Waals surface area contributed by atoms with Gasteiger partial charge >= 0.3 is 0 Å². The number of benzene rings is 1. The van der Waals surface area contributed by atoms with Crippen LogP contribution in [-0.2, 0) is 0 Å². The van der Waals surface area contributed by atoms with E-state index in [1.807, 2.05) is 39.0 Å². The van der Waals surface area contributed by atoms with Gasteiger partial charge in [-0.1, -0.05) is 30.3 Å². The highest BCUT2D eigenvalue weighted by atomic mass is 16.4. The van der Waals surface area contributed by atoms with Crippen LogP contribution >= 0.6 is 0 Å². The molecular weight excluding hydrogens is 262 g/mol. The molecule has 3 rings (SSSR count). The summed E-state index contributed by atoms with van der Waals surface area (Å²) in [6.07, 6.45) is 1.03. The van der Waals surface area contributed by atoms with Gasteiger partial charge in [0.05, 0.1) is 0 Å². The van der Waals surface area contributed by atoms with Crippen molar-refractivity contribution in [1.82, 2.24) is 4.98 Å². The molecule has 0 unspecified atom stereocenters. The number of hydrogen-bond acceptors (Lipinski definition) is 4.